The molecule has 0 saturated heterocycles. The van der Waals surface area contributed by atoms with E-state index in [0.29, 0.717) is 0 Å². The monoisotopic (exact) mass is 500 g/mol. The average Bonchev–Trinajstić information content (AvgIpc) is 3.50. The molecule has 186 valence electrons. The second-order valence-electron chi connectivity index (χ2n) is 9.81. The van der Waals surface area contributed by atoms with E-state index >= 15 is 0 Å². The van der Waals surface area contributed by atoms with Crippen LogP contribution in [-0.2, 0) is 0 Å². The molecule has 0 radical (unpaired) electrons. The van der Waals surface area contributed by atoms with Crippen LogP contribution in [0.4, 0.5) is 0 Å². The molecule has 0 unspecified atom stereocenters. The van der Waals surface area contributed by atoms with Crippen molar-refractivity contribution in [2.24, 2.45) is 0 Å². The average molecular weight is 501 g/mol. The van der Waals surface area contributed by atoms with Gasteiger partial charge in [-0.3, -0.25) is 0 Å². The maximum Gasteiger partial charge on any atom is 0.0541 e. The van der Waals surface area contributed by atoms with Crippen LogP contribution in [0, 0.1) is 0 Å². The number of hydrogen-bond acceptors (Lipinski definition) is 0. The first-order valence-corrected chi connectivity index (χ1v) is 13.4. The molecule has 0 aliphatic heterocycles. The molecule has 0 spiro atoms. The lowest BCUT2D eigenvalue weighted by molar-refractivity contribution is 1.07. The molecule has 39 heavy (non-hydrogen) atoms. The van der Waals surface area contributed by atoms with Gasteiger partial charge in [0.15, 0.2) is 0 Å². The first-order chi connectivity index (χ1) is 19.3. The van der Waals surface area contributed by atoms with Crippen LogP contribution in [0.5, 0.6) is 0 Å². The Morgan fingerprint density at radius 1 is 0.538 bits per heavy atom. The molecule has 7 rings (SSSR count). The summed E-state index contributed by atoms with van der Waals surface area (Å²) < 4.78 is 4.70. The molecular formula is C37H28N2. The Kier molecular flexibility index (Phi) is 5.53. The number of para-hydroxylation sites is 3. The van der Waals surface area contributed by atoms with Crippen LogP contribution in [-0.4, -0.2) is 9.13 Å². The highest BCUT2D eigenvalue weighted by atomic mass is 15.0. The van der Waals surface area contributed by atoms with Crippen LogP contribution in [0.15, 0.2) is 134 Å². The Labute approximate surface area is 227 Å². The van der Waals surface area contributed by atoms with E-state index < -0.39 is 0 Å². The summed E-state index contributed by atoms with van der Waals surface area (Å²) in [6.07, 6.45) is 6.19. The number of nitrogens with zero attached hydrogens (tertiary/aromatic N) is 2. The minimum absolute atomic E-state index is 1.15. The van der Waals surface area contributed by atoms with E-state index in [0.717, 1.165) is 5.69 Å². The largest absolute Gasteiger partial charge is 0.310 e. The van der Waals surface area contributed by atoms with Crippen LogP contribution in [0.2, 0.25) is 0 Å². The number of fused-ring (bicyclic) bond motifs is 4. The zero-order valence-corrected chi connectivity index (χ0v) is 21.9. The molecule has 7 aromatic rings. The van der Waals surface area contributed by atoms with E-state index in [9.17, 15) is 0 Å². The summed E-state index contributed by atoms with van der Waals surface area (Å²) in [5.41, 5.74) is 8.36. The fraction of sp³-hybridized carbons (Fsp3) is 0.0270. The molecule has 0 bridgehead atoms. The zero-order chi connectivity index (χ0) is 26.3. The Hall–Kier alpha value is -5.08. The van der Waals surface area contributed by atoms with Crippen molar-refractivity contribution < 1.29 is 0 Å². The highest BCUT2D eigenvalue weighted by Crippen LogP contribution is 2.35. The molecule has 0 amide bonds. The molecule has 0 aliphatic rings. The van der Waals surface area contributed by atoms with Crippen molar-refractivity contribution in [3.05, 3.63) is 145 Å². The van der Waals surface area contributed by atoms with E-state index in [1.807, 2.05) is 6.08 Å². The third kappa shape index (κ3) is 3.65. The molecule has 0 saturated carbocycles. The lowest BCUT2D eigenvalue weighted by Crippen LogP contribution is -2.27. The maximum atomic E-state index is 4.01. The summed E-state index contributed by atoms with van der Waals surface area (Å²) >= 11 is 0. The first-order valence-electron chi connectivity index (χ1n) is 13.4. The van der Waals surface area contributed by atoms with E-state index in [1.165, 1.54) is 60.1 Å². The van der Waals surface area contributed by atoms with Gasteiger partial charge in [0.25, 0.3) is 0 Å². The van der Waals surface area contributed by atoms with E-state index in [2.05, 4.69) is 156 Å². The van der Waals surface area contributed by atoms with E-state index in [4.69, 9.17) is 0 Å². The van der Waals surface area contributed by atoms with Gasteiger partial charge in [-0.25, -0.2) is 0 Å². The van der Waals surface area contributed by atoms with Crippen molar-refractivity contribution in [3.63, 3.8) is 0 Å². The van der Waals surface area contributed by atoms with Gasteiger partial charge in [-0.1, -0.05) is 91.5 Å². The summed E-state index contributed by atoms with van der Waals surface area (Å²) in [6, 6.07) is 43.5. The Balaban J connectivity index is 1.48. The van der Waals surface area contributed by atoms with Gasteiger partial charge in [-0.05, 0) is 72.6 Å². The van der Waals surface area contributed by atoms with Gasteiger partial charge in [0.05, 0.1) is 16.6 Å². The number of allylic oxidation sites excluding steroid dienone is 1. The van der Waals surface area contributed by atoms with E-state index in [-0.39, 0.29) is 0 Å². The number of aromatic nitrogens is 2. The molecule has 2 heterocycles. The second kappa shape index (κ2) is 9.34. The van der Waals surface area contributed by atoms with Crippen molar-refractivity contribution in [2.75, 3.05) is 0 Å². The van der Waals surface area contributed by atoms with Crippen molar-refractivity contribution in [1.82, 2.24) is 9.13 Å². The molecule has 2 heteroatoms. The summed E-state index contributed by atoms with van der Waals surface area (Å²) in [4.78, 5) is 0. The highest BCUT2D eigenvalue weighted by Gasteiger charge is 2.14. The molecule has 0 fully saturated rings. The Morgan fingerprint density at radius 2 is 1.08 bits per heavy atom. The maximum absolute atomic E-state index is 4.01. The normalized spacial score (nSPS) is 12.6. The van der Waals surface area contributed by atoms with Crippen LogP contribution in [0.1, 0.15) is 6.92 Å². The molecule has 0 N–H and O–H groups in total. The third-order valence-corrected chi connectivity index (χ3v) is 7.64. The topological polar surface area (TPSA) is 9.86 Å². The predicted molar refractivity (Wildman–Crippen MR) is 167 cm³/mol. The summed E-state index contributed by atoms with van der Waals surface area (Å²) in [5.74, 6) is 0. The fourth-order valence-electron chi connectivity index (χ4n) is 5.96. The second-order valence-corrected chi connectivity index (χ2v) is 9.81. The highest BCUT2D eigenvalue weighted by molar-refractivity contribution is 6.10. The molecule has 2 nitrogen and oxygen atoms in total. The number of rotatable bonds is 4. The minimum Gasteiger partial charge on any atom is -0.310 e. The smallest absolute Gasteiger partial charge is 0.0541 e. The quantitative estimate of drug-likeness (QED) is 0.231. The van der Waals surface area contributed by atoms with Crippen LogP contribution in [0.3, 0.4) is 0 Å². The van der Waals surface area contributed by atoms with Crippen molar-refractivity contribution in [1.29, 1.82) is 0 Å². The van der Waals surface area contributed by atoms with Crippen LogP contribution >= 0.6 is 0 Å². The van der Waals surface area contributed by atoms with Gasteiger partial charge in [0.2, 0.25) is 0 Å². The predicted octanol–water partition coefficient (Wildman–Crippen LogP) is 8.16. The van der Waals surface area contributed by atoms with Crippen LogP contribution < -0.4 is 10.6 Å². The van der Waals surface area contributed by atoms with Gasteiger partial charge >= 0.3 is 0 Å². The van der Waals surface area contributed by atoms with Gasteiger partial charge < -0.3 is 9.13 Å². The lowest BCUT2D eigenvalue weighted by atomic mass is 10.0. The molecular weight excluding hydrogens is 472 g/mol. The molecule has 0 atom stereocenters. The number of hydrogen-bond donors (Lipinski definition) is 0. The van der Waals surface area contributed by atoms with Gasteiger partial charge in [0.1, 0.15) is 0 Å². The molecule has 0 aliphatic carbocycles. The van der Waals surface area contributed by atoms with Crippen LogP contribution in [0.25, 0.3) is 67.4 Å². The van der Waals surface area contributed by atoms with Crippen molar-refractivity contribution >= 4 is 44.9 Å². The van der Waals surface area contributed by atoms with E-state index in [1.54, 1.807) is 0 Å². The van der Waals surface area contributed by atoms with Gasteiger partial charge in [0, 0.05) is 38.1 Å². The third-order valence-electron chi connectivity index (χ3n) is 7.64. The van der Waals surface area contributed by atoms with Crippen molar-refractivity contribution in [2.45, 2.75) is 6.92 Å². The standard InChI is InChI=1S/C37H28N2/c1-3-13-30-32-24-26(20-22-36(32)38(34(30)4-2)28-14-7-5-8-15-28)27-21-23-37-33(25-27)31-18-11-12-19-35(31)39(37)29-16-9-6-10-17-29/h3-25H,1H2,2H3/b30-13-,34-4+. The first kappa shape index (κ1) is 23.1. The number of benzene rings is 5. The van der Waals surface area contributed by atoms with Gasteiger partial charge in [-0.15, -0.1) is 0 Å². The zero-order valence-electron chi connectivity index (χ0n) is 21.9. The molecule has 5 aromatic carbocycles. The summed E-state index contributed by atoms with van der Waals surface area (Å²) in [5, 5.41) is 6.10. The fourth-order valence-corrected chi connectivity index (χ4v) is 5.96. The Morgan fingerprint density at radius 3 is 1.72 bits per heavy atom. The Bertz CT molecular complexity index is 2130. The molecule has 2 aromatic heterocycles. The lowest BCUT2D eigenvalue weighted by Gasteiger charge is -2.09. The minimum atomic E-state index is 1.15. The van der Waals surface area contributed by atoms with Gasteiger partial charge in [-0.2, -0.15) is 0 Å². The van der Waals surface area contributed by atoms with Crippen molar-refractivity contribution in [3.8, 4) is 22.5 Å². The summed E-state index contributed by atoms with van der Waals surface area (Å²) in [6.45, 7) is 6.11. The SMILES string of the molecule is C=C/C=c1\c(=C/C)n(-c2ccccc2)c2ccc(-c3ccc4c(c3)c3ccccc3n4-c3ccccc3)cc12. The summed E-state index contributed by atoms with van der Waals surface area (Å²) in [7, 11) is 0.